The van der Waals surface area contributed by atoms with Crippen LogP contribution in [0.25, 0.3) is 0 Å². The highest BCUT2D eigenvalue weighted by atomic mass is 16.4. The van der Waals surface area contributed by atoms with Crippen molar-refractivity contribution >= 4 is 23.7 Å². The SMILES string of the molecule is CC(O)C(NC(=O)C1CCCN1C(=O)C(N)Cc1ccccc1)C(=O)NC(Cc1ccc(O)cc1)C(=O)O. The Morgan fingerprint density at radius 3 is 2.24 bits per heavy atom. The van der Waals surface area contributed by atoms with Gasteiger partial charge in [0.05, 0.1) is 12.1 Å². The van der Waals surface area contributed by atoms with Gasteiger partial charge in [0.25, 0.3) is 0 Å². The van der Waals surface area contributed by atoms with Crippen LogP contribution < -0.4 is 16.4 Å². The lowest BCUT2D eigenvalue weighted by atomic mass is 10.0. The van der Waals surface area contributed by atoms with Gasteiger partial charge < -0.3 is 36.6 Å². The predicted molar refractivity (Wildman–Crippen MR) is 138 cm³/mol. The van der Waals surface area contributed by atoms with E-state index in [4.69, 9.17) is 5.73 Å². The van der Waals surface area contributed by atoms with Crippen molar-refractivity contribution in [2.75, 3.05) is 6.54 Å². The summed E-state index contributed by atoms with van der Waals surface area (Å²) in [5.41, 5.74) is 7.59. The zero-order valence-electron chi connectivity index (χ0n) is 21.1. The van der Waals surface area contributed by atoms with Gasteiger partial charge in [-0.3, -0.25) is 14.4 Å². The van der Waals surface area contributed by atoms with Gasteiger partial charge in [-0.05, 0) is 49.4 Å². The van der Waals surface area contributed by atoms with Crippen molar-refractivity contribution in [3.63, 3.8) is 0 Å². The zero-order valence-corrected chi connectivity index (χ0v) is 21.1. The Kier molecular flexibility index (Phi) is 9.80. The van der Waals surface area contributed by atoms with Crippen LogP contribution in [-0.4, -0.2) is 80.7 Å². The van der Waals surface area contributed by atoms with Gasteiger partial charge >= 0.3 is 5.97 Å². The molecule has 2 aromatic rings. The third-order valence-corrected chi connectivity index (χ3v) is 6.51. The predicted octanol–water partition coefficient (Wildman–Crippen LogP) is -0.0693. The van der Waals surface area contributed by atoms with E-state index in [0.29, 0.717) is 31.4 Å². The molecular formula is C27H34N4O7. The number of hydrogen-bond donors (Lipinski definition) is 6. The number of carboxylic acid groups (broad SMARTS) is 1. The summed E-state index contributed by atoms with van der Waals surface area (Å²) < 4.78 is 0. The standard InChI is InChI=1S/C27H34N4O7/c1-16(32)23(25(35)29-21(27(37)38)15-18-9-11-19(33)12-10-18)30-24(34)22-8-5-13-31(22)26(36)20(28)14-17-6-3-2-4-7-17/h2-4,6-7,9-12,16,20-23,32-33H,5,8,13-15,28H2,1H3,(H,29,35)(H,30,34)(H,37,38). The number of nitrogens with one attached hydrogen (secondary N) is 2. The molecule has 3 rings (SSSR count). The van der Waals surface area contributed by atoms with Crippen LogP contribution in [0.3, 0.4) is 0 Å². The number of nitrogens with two attached hydrogens (primary N) is 1. The first kappa shape index (κ1) is 28.6. The van der Waals surface area contributed by atoms with E-state index in [1.165, 1.54) is 36.1 Å². The fourth-order valence-electron chi connectivity index (χ4n) is 4.46. The number of hydrogen-bond acceptors (Lipinski definition) is 7. The average Bonchev–Trinajstić information content (AvgIpc) is 3.38. The van der Waals surface area contributed by atoms with Gasteiger partial charge in [-0.1, -0.05) is 42.5 Å². The molecule has 1 aliphatic rings. The first-order valence-electron chi connectivity index (χ1n) is 12.5. The molecule has 0 saturated carbocycles. The number of rotatable bonds is 11. The Morgan fingerprint density at radius 1 is 1.00 bits per heavy atom. The lowest BCUT2D eigenvalue weighted by Gasteiger charge is -2.29. The van der Waals surface area contributed by atoms with E-state index in [9.17, 15) is 34.5 Å². The van der Waals surface area contributed by atoms with Crippen LogP contribution >= 0.6 is 0 Å². The number of aromatic hydroxyl groups is 1. The van der Waals surface area contributed by atoms with Crippen molar-refractivity contribution in [1.82, 2.24) is 15.5 Å². The summed E-state index contributed by atoms with van der Waals surface area (Å²) in [6, 6.07) is 10.6. The molecule has 1 heterocycles. The number of carboxylic acids is 1. The second-order valence-electron chi connectivity index (χ2n) is 9.48. The van der Waals surface area contributed by atoms with Crippen molar-refractivity contribution in [3.8, 4) is 5.75 Å². The molecular weight excluding hydrogens is 492 g/mol. The van der Waals surface area contributed by atoms with E-state index in [2.05, 4.69) is 10.6 Å². The van der Waals surface area contributed by atoms with Gasteiger partial charge in [-0.15, -0.1) is 0 Å². The number of likely N-dealkylation sites (tertiary alicyclic amines) is 1. The molecule has 0 aromatic heterocycles. The summed E-state index contributed by atoms with van der Waals surface area (Å²) in [6.45, 7) is 1.63. The Hall–Kier alpha value is -3.96. The fourth-order valence-corrected chi connectivity index (χ4v) is 4.46. The van der Waals surface area contributed by atoms with Gasteiger partial charge in [0.2, 0.25) is 17.7 Å². The van der Waals surface area contributed by atoms with Crippen molar-refractivity contribution in [3.05, 3.63) is 65.7 Å². The van der Waals surface area contributed by atoms with Crippen LogP contribution in [0.5, 0.6) is 5.75 Å². The van der Waals surface area contributed by atoms with Crippen LogP contribution in [-0.2, 0) is 32.0 Å². The largest absolute Gasteiger partial charge is 0.508 e. The quantitative estimate of drug-likeness (QED) is 0.235. The van der Waals surface area contributed by atoms with E-state index >= 15 is 0 Å². The van der Waals surface area contributed by atoms with E-state index in [0.717, 1.165) is 5.56 Å². The molecule has 0 aliphatic carbocycles. The molecule has 1 saturated heterocycles. The summed E-state index contributed by atoms with van der Waals surface area (Å²) in [5, 5.41) is 34.1. The monoisotopic (exact) mass is 526 g/mol. The lowest BCUT2D eigenvalue weighted by molar-refractivity contribution is -0.144. The van der Waals surface area contributed by atoms with Gasteiger partial charge in [0, 0.05) is 13.0 Å². The summed E-state index contributed by atoms with van der Waals surface area (Å²) in [7, 11) is 0. The topological polar surface area (TPSA) is 182 Å². The Morgan fingerprint density at radius 2 is 1.63 bits per heavy atom. The Labute approximate surface area is 220 Å². The first-order valence-corrected chi connectivity index (χ1v) is 12.5. The van der Waals surface area contributed by atoms with Crippen LogP contribution in [0, 0.1) is 0 Å². The maximum absolute atomic E-state index is 13.1. The zero-order chi connectivity index (χ0) is 27.8. The number of carbonyl (C=O) groups is 4. The maximum Gasteiger partial charge on any atom is 0.326 e. The number of aliphatic hydroxyl groups is 1. The first-order chi connectivity index (χ1) is 18.1. The van der Waals surface area contributed by atoms with Crippen LogP contribution in [0.4, 0.5) is 0 Å². The van der Waals surface area contributed by atoms with Crippen molar-refractivity contribution in [1.29, 1.82) is 0 Å². The lowest BCUT2D eigenvalue weighted by Crippen LogP contribution is -2.59. The summed E-state index contributed by atoms with van der Waals surface area (Å²) in [4.78, 5) is 52.3. The van der Waals surface area contributed by atoms with Gasteiger partial charge in [-0.25, -0.2) is 4.79 Å². The van der Waals surface area contributed by atoms with Crippen molar-refractivity contribution < 1.29 is 34.5 Å². The van der Waals surface area contributed by atoms with E-state index in [1.807, 2.05) is 30.3 Å². The number of phenolic OH excluding ortho intramolecular Hbond substituents is 1. The van der Waals surface area contributed by atoms with Crippen LogP contribution in [0.1, 0.15) is 30.9 Å². The fraction of sp³-hybridized carbons (Fsp3) is 0.407. The maximum atomic E-state index is 13.1. The normalized spacial score (nSPS) is 18.2. The third kappa shape index (κ3) is 7.53. The summed E-state index contributed by atoms with van der Waals surface area (Å²) in [5.74, 6) is -3.18. The van der Waals surface area contributed by atoms with Gasteiger partial charge in [0.1, 0.15) is 23.9 Å². The van der Waals surface area contributed by atoms with E-state index < -0.39 is 48.1 Å². The molecule has 5 atom stereocenters. The molecule has 0 bridgehead atoms. The van der Waals surface area contributed by atoms with Crippen molar-refractivity contribution in [2.45, 2.75) is 62.9 Å². The number of aliphatic carboxylic acids is 1. The molecule has 0 radical (unpaired) electrons. The number of carbonyl (C=O) groups excluding carboxylic acids is 3. The number of benzene rings is 2. The minimum Gasteiger partial charge on any atom is -0.508 e. The van der Waals surface area contributed by atoms with Crippen LogP contribution in [0.15, 0.2) is 54.6 Å². The molecule has 11 heteroatoms. The number of aliphatic hydroxyl groups excluding tert-OH is 1. The molecule has 1 fully saturated rings. The van der Waals surface area contributed by atoms with Crippen LogP contribution in [0.2, 0.25) is 0 Å². The smallest absolute Gasteiger partial charge is 0.326 e. The second-order valence-corrected chi connectivity index (χ2v) is 9.48. The number of phenols is 1. The Balaban J connectivity index is 1.64. The molecule has 204 valence electrons. The van der Waals surface area contributed by atoms with E-state index in [-0.39, 0.29) is 18.1 Å². The molecule has 1 aliphatic heterocycles. The average molecular weight is 527 g/mol. The Bertz CT molecular complexity index is 1120. The summed E-state index contributed by atoms with van der Waals surface area (Å²) >= 11 is 0. The highest BCUT2D eigenvalue weighted by Gasteiger charge is 2.38. The molecule has 3 amide bonds. The molecule has 7 N–H and O–H groups in total. The highest BCUT2D eigenvalue weighted by molar-refractivity contribution is 5.94. The third-order valence-electron chi connectivity index (χ3n) is 6.51. The minimum absolute atomic E-state index is 0.0157. The highest BCUT2D eigenvalue weighted by Crippen LogP contribution is 2.20. The van der Waals surface area contributed by atoms with E-state index in [1.54, 1.807) is 0 Å². The van der Waals surface area contributed by atoms with Gasteiger partial charge in [0.15, 0.2) is 0 Å². The molecule has 11 nitrogen and oxygen atoms in total. The molecule has 0 spiro atoms. The minimum atomic E-state index is -1.44. The molecule has 2 aromatic carbocycles. The summed E-state index contributed by atoms with van der Waals surface area (Å²) in [6.07, 6.45) is -0.177. The van der Waals surface area contributed by atoms with Gasteiger partial charge in [-0.2, -0.15) is 0 Å². The number of amides is 3. The van der Waals surface area contributed by atoms with Crippen molar-refractivity contribution in [2.24, 2.45) is 5.73 Å². The number of nitrogens with zero attached hydrogens (tertiary/aromatic N) is 1. The second kappa shape index (κ2) is 13.0. The molecule has 5 unspecified atom stereocenters. The molecule has 38 heavy (non-hydrogen) atoms.